The van der Waals surface area contributed by atoms with Crippen LogP contribution in [0.4, 0.5) is 8.78 Å². The van der Waals surface area contributed by atoms with Crippen molar-refractivity contribution in [3.8, 4) is 0 Å². The molecular formula is C25H40F2O3. The van der Waals surface area contributed by atoms with Gasteiger partial charge in [0, 0.05) is 18.8 Å². The lowest BCUT2D eigenvalue weighted by molar-refractivity contribution is -0.238. The molecule has 0 aromatic carbocycles. The van der Waals surface area contributed by atoms with Crippen LogP contribution in [0.3, 0.4) is 0 Å². The van der Waals surface area contributed by atoms with Crippen molar-refractivity contribution in [2.24, 2.45) is 46.3 Å². The maximum atomic E-state index is 15.7. The lowest BCUT2D eigenvalue weighted by Crippen LogP contribution is -2.61. The van der Waals surface area contributed by atoms with Crippen LogP contribution in [0, 0.1) is 46.3 Å². The molecule has 0 aliphatic heterocycles. The molecule has 0 aromatic rings. The van der Waals surface area contributed by atoms with Crippen molar-refractivity contribution in [3.63, 3.8) is 0 Å². The number of rotatable bonds is 4. The molecule has 0 bridgehead atoms. The van der Waals surface area contributed by atoms with E-state index in [1.54, 1.807) is 0 Å². The second-order valence-corrected chi connectivity index (χ2v) is 11.7. The Morgan fingerprint density at radius 1 is 1.10 bits per heavy atom. The van der Waals surface area contributed by atoms with Gasteiger partial charge in [0.2, 0.25) is 0 Å². The molecule has 0 saturated heterocycles. The van der Waals surface area contributed by atoms with E-state index in [4.69, 9.17) is 4.74 Å². The van der Waals surface area contributed by atoms with Gasteiger partial charge in [-0.05, 0) is 91.8 Å². The van der Waals surface area contributed by atoms with Crippen LogP contribution in [-0.4, -0.2) is 30.2 Å². The minimum absolute atomic E-state index is 0.0448. The molecule has 0 aromatic heterocycles. The highest BCUT2D eigenvalue weighted by molar-refractivity contribution is 5.69. The van der Waals surface area contributed by atoms with E-state index in [0.29, 0.717) is 24.7 Å². The summed E-state index contributed by atoms with van der Waals surface area (Å²) in [4.78, 5) is 11.6. The fraction of sp³-hybridized carbons (Fsp3) is 0.960. The zero-order chi connectivity index (χ0) is 21.9. The average molecular weight is 427 g/mol. The summed E-state index contributed by atoms with van der Waals surface area (Å²) < 4.78 is 36.2. The predicted octanol–water partition coefficient (Wildman–Crippen LogP) is 5.84. The van der Waals surface area contributed by atoms with Crippen LogP contribution < -0.4 is 0 Å². The highest BCUT2D eigenvalue weighted by atomic mass is 19.3. The third-order valence-corrected chi connectivity index (χ3v) is 10.4. The first-order chi connectivity index (χ1) is 14.0. The van der Waals surface area contributed by atoms with Gasteiger partial charge in [0.1, 0.15) is 0 Å². The Balaban J connectivity index is 1.57. The molecule has 30 heavy (non-hydrogen) atoms. The molecule has 5 heteroatoms. The molecule has 9 atom stereocenters. The average Bonchev–Trinajstić information content (AvgIpc) is 3.04. The van der Waals surface area contributed by atoms with Gasteiger partial charge >= 0.3 is 5.97 Å². The summed E-state index contributed by atoms with van der Waals surface area (Å²) in [6, 6.07) is 0. The first-order valence-electron chi connectivity index (χ1n) is 12.2. The van der Waals surface area contributed by atoms with Crippen LogP contribution in [0.1, 0.15) is 85.0 Å². The summed E-state index contributed by atoms with van der Waals surface area (Å²) in [6.45, 7) is 6.73. The van der Waals surface area contributed by atoms with Gasteiger partial charge in [-0.25, -0.2) is 8.78 Å². The zero-order valence-corrected chi connectivity index (χ0v) is 19.1. The molecule has 4 aliphatic rings. The quantitative estimate of drug-likeness (QED) is 0.575. The van der Waals surface area contributed by atoms with Gasteiger partial charge in [-0.2, -0.15) is 0 Å². The number of carbonyl (C=O) groups is 1. The van der Waals surface area contributed by atoms with Crippen LogP contribution in [0.25, 0.3) is 0 Å². The Morgan fingerprint density at radius 2 is 1.77 bits per heavy atom. The lowest BCUT2D eigenvalue weighted by atomic mass is 9.43. The molecule has 172 valence electrons. The first-order valence-corrected chi connectivity index (χ1v) is 12.2. The molecular weight excluding hydrogens is 386 g/mol. The molecule has 4 aliphatic carbocycles. The second-order valence-electron chi connectivity index (χ2n) is 11.7. The third-order valence-electron chi connectivity index (χ3n) is 10.4. The number of aliphatic hydroxyl groups is 1. The van der Waals surface area contributed by atoms with E-state index in [9.17, 15) is 9.90 Å². The van der Waals surface area contributed by atoms with Crippen LogP contribution in [-0.2, 0) is 9.53 Å². The van der Waals surface area contributed by atoms with Crippen molar-refractivity contribution in [2.75, 3.05) is 7.11 Å². The minimum Gasteiger partial charge on any atom is -0.469 e. The Bertz CT molecular complexity index is 667. The molecule has 2 unspecified atom stereocenters. The number of alkyl halides is 2. The molecule has 0 heterocycles. The summed E-state index contributed by atoms with van der Waals surface area (Å²) in [5, 5.41) is 10.1. The van der Waals surface area contributed by atoms with Crippen molar-refractivity contribution in [3.05, 3.63) is 0 Å². The summed E-state index contributed by atoms with van der Waals surface area (Å²) in [5.74, 6) is -2.50. The van der Waals surface area contributed by atoms with E-state index >= 15 is 8.78 Å². The smallest absolute Gasteiger partial charge is 0.305 e. The standard InChI is InChI=1S/C25H40F2O3/c1-15(5-8-21(29)30-4)18-6-7-19-22-20(10-12-24(18,19)3)23(2)11-9-17(28)13-16(23)14-25(22,26)27/h15-20,22,28H,5-14H2,1-4H3/t15-,16+,17-,18?,19+,20+,22+,23?,24-/m1/s1. The Hall–Kier alpha value is -0.710. The summed E-state index contributed by atoms with van der Waals surface area (Å²) in [6.07, 6.45) is 6.74. The molecule has 3 nitrogen and oxygen atoms in total. The fourth-order valence-electron chi connectivity index (χ4n) is 8.76. The van der Waals surface area contributed by atoms with Gasteiger partial charge in [-0.15, -0.1) is 0 Å². The molecule has 0 radical (unpaired) electrons. The van der Waals surface area contributed by atoms with E-state index < -0.39 is 17.9 Å². The van der Waals surface area contributed by atoms with Gasteiger partial charge in [0.25, 0.3) is 5.92 Å². The van der Waals surface area contributed by atoms with Crippen LogP contribution in [0.2, 0.25) is 0 Å². The van der Waals surface area contributed by atoms with E-state index in [1.165, 1.54) is 7.11 Å². The second kappa shape index (κ2) is 7.71. The van der Waals surface area contributed by atoms with Crippen molar-refractivity contribution in [1.82, 2.24) is 0 Å². The third kappa shape index (κ3) is 3.42. The summed E-state index contributed by atoms with van der Waals surface area (Å²) >= 11 is 0. The van der Waals surface area contributed by atoms with Crippen LogP contribution >= 0.6 is 0 Å². The van der Waals surface area contributed by atoms with Gasteiger partial charge in [-0.1, -0.05) is 20.8 Å². The van der Waals surface area contributed by atoms with Gasteiger partial charge in [-0.3, -0.25) is 4.79 Å². The molecule has 4 saturated carbocycles. The van der Waals surface area contributed by atoms with Crippen LogP contribution in [0.15, 0.2) is 0 Å². The Labute approximate surface area is 180 Å². The number of hydrogen-bond donors (Lipinski definition) is 1. The number of esters is 1. The normalized spacial score (nSPS) is 48.2. The first kappa shape index (κ1) is 22.5. The van der Waals surface area contributed by atoms with E-state index in [2.05, 4.69) is 20.8 Å². The van der Waals surface area contributed by atoms with Crippen molar-refractivity contribution >= 4 is 5.97 Å². The van der Waals surface area contributed by atoms with E-state index in [0.717, 1.165) is 44.9 Å². The Kier molecular flexibility index (Phi) is 5.77. The molecule has 0 amide bonds. The maximum absolute atomic E-state index is 15.7. The number of halogens is 2. The predicted molar refractivity (Wildman–Crippen MR) is 112 cm³/mol. The minimum atomic E-state index is -2.64. The highest BCUT2D eigenvalue weighted by Crippen LogP contribution is 2.71. The molecule has 1 N–H and O–H groups in total. The van der Waals surface area contributed by atoms with Crippen LogP contribution in [0.5, 0.6) is 0 Å². The number of hydrogen-bond acceptors (Lipinski definition) is 3. The topological polar surface area (TPSA) is 46.5 Å². The van der Waals surface area contributed by atoms with Gasteiger partial charge in [0.15, 0.2) is 0 Å². The summed E-state index contributed by atoms with van der Waals surface area (Å²) in [5.41, 5.74) is -0.112. The molecule has 4 rings (SSSR count). The summed E-state index contributed by atoms with van der Waals surface area (Å²) in [7, 11) is 1.42. The van der Waals surface area contributed by atoms with Gasteiger partial charge < -0.3 is 9.84 Å². The number of ether oxygens (including phenoxy) is 1. The number of methoxy groups -OCH3 is 1. The monoisotopic (exact) mass is 426 g/mol. The highest BCUT2D eigenvalue weighted by Gasteiger charge is 2.68. The zero-order valence-electron chi connectivity index (χ0n) is 19.1. The molecule has 0 spiro atoms. The van der Waals surface area contributed by atoms with Crippen molar-refractivity contribution < 1.29 is 23.4 Å². The van der Waals surface area contributed by atoms with Crippen molar-refractivity contribution in [1.29, 1.82) is 0 Å². The Morgan fingerprint density at radius 3 is 2.47 bits per heavy atom. The van der Waals surface area contributed by atoms with E-state index in [1.807, 2.05) is 0 Å². The van der Waals surface area contributed by atoms with Crippen molar-refractivity contribution in [2.45, 2.75) is 97.0 Å². The fourth-order valence-corrected chi connectivity index (χ4v) is 8.76. The largest absolute Gasteiger partial charge is 0.469 e. The van der Waals surface area contributed by atoms with Gasteiger partial charge in [0.05, 0.1) is 13.2 Å². The number of aliphatic hydroxyl groups excluding tert-OH is 1. The maximum Gasteiger partial charge on any atom is 0.305 e. The number of carbonyl (C=O) groups excluding carboxylic acids is 1. The van der Waals surface area contributed by atoms with E-state index in [-0.39, 0.29) is 41.0 Å². The lowest BCUT2D eigenvalue weighted by Gasteiger charge is -2.63. The number of fused-ring (bicyclic) bond motifs is 5. The molecule has 4 fully saturated rings. The SMILES string of the molecule is COC(=O)CC[C@@H](C)C1CC[C@H]2[C@H]3[C@H](CC[C@]12C)C1(C)CC[C@@H](O)C[C@H]1CC3(F)F.